The molecule has 2 aromatic heterocycles. The number of hydrogen-bond acceptors (Lipinski definition) is 4. The first-order valence-corrected chi connectivity index (χ1v) is 7.86. The number of aromatic nitrogens is 2. The molecule has 0 aliphatic rings. The van der Waals surface area contributed by atoms with Crippen LogP contribution in [0, 0.1) is 6.92 Å². The predicted molar refractivity (Wildman–Crippen MR) is 87.0 cm³/mol. The van der Waals surface area contributed by atoms with Crippen LogP contribution in [0.5, 0.6) is 0 Å². The van der Waals surface area contributed by atoms with E-state index in [2.05, 4.69) is 33.0 Å². The highest BCUT2D eigenvalue weighted by atomic mass is 35.5. The van der Waals surface area contributed by atoms with E-state index in [1.807, 2.05) is 0 Å². The van der Waals surface area contributed by atoms with Gasteiger partial charge in [0.1, 0.15) is 5.82 Å². The fourth-order valence-corrected chi connectivity index (χ4v) is 3.15. The van der Waals surface area contributed by atoms with Crippen molar-refractivity contribution >= 4 is 33.8 Å². The summed E-state index contributed by atoms with van der Waals surface area (Å²) >= 11 is 7.64. The average molecular weight is 320 g/mol. The van der Waals surface area contributed by atoms with E-state index in [0.717, 1.165) is 6.54 Å². The molecule has 0 radical (unpaired) electrons. The van der Waals surface area contributed by atoms with Gasteiger partial charge in [0.15, 0.2) is 0 Å². The topological polar surface area (TPSA) is 57.8 Å². The Morgan fingerprint density at radius 2 is 2.19 bits per heavy atom. The van der Waals surface area contributed by atoms with Crippen LogP contribution in [0.4, 0.5) is 0 Å². The van der Waals surface area contributed by atoms with Crippen molar-refractivity contribution in [2.24, 2.45) is 0 Å². The Bertz CT molecular complexity index is 840. The summed E-state index contributed by atoms with van der Waals surface area (Å²) < 4.78 is 0. The molecule has 0 atom stereocenters. The number of rotatable bonds is 4. The van der Waals surface area contributed by atoms with Crippen molar-refractivity contribution < 1.29 is 0 Å². The summed E-state index contributed by atoms with van der Waals surface area (Å²) in [5.74, 6) is 0.614. The molecule has 6 heteroatoms. The van der Waals surface area contributed by atoms with Crippen molar-refractivity contribution in [3.8, 4) is 0 Å². The Morgan fingerprint density at radius 3 is 2.95 bits per heavy atom. The molecular formula is C15H14ClN3OS. The number of thiophene rings is 1. The van der Waals surface area contributed by atoms with Crippen LogP contribution in [0.15, 0.2) is 33.8 Å². The van der Waals surface area contributed by atoms with Gasteiger partial charge in [-0.3, -0.25) is 4.79 Å². The van der Waals surface area contributed by atoms with Gasteiger partial charge < -0.3 is 10.3 Å². The van der Waals surface area contributed by atoms with Gasteiger partial charge in [0.2, 0.25) is 0 Å². The molecule has 3 aromatic rings. The largest absolute Gasteiger partial charge is 0.309 e. The SMILES string of the molecule is Cc1cscc1CNCc1nc2cc(Cl)ccc2c(=O)[nH]1. The highest BCUT2D eigenvalue weighted by Crippen LogP contribution is 2.15. The van der Waals surface area contributed by atoms with Gasteiger partial charge in [0.05, 0.1) is 17.4 Å². The normalized spacial score (nSPS) is 11.1. The summed E-state index contributed by atoms with van der Waals surface area (Å²) in [6.45, 7) is 3.35. The third-order valence-electron chi connectivity index (χ3n) is 3.29. The molecule has 1 aromatic carbocycles. The Balaban J connectivity index is 1.78. The summed E-state index contributed by atoms with van der Waals surface area (Å²) in [6, 6.07) is 5.09. The standard InChI is InChI=1S/C15H14ClN3OS/c1-9-7-21-8-10(9)5-17-6-14-18-13-4-11(16)2-3-12(13)15(20)19-14/h2-4,7-8,17H,5-6H2,1H3,(H,18,19,20). The third-order valence-corrected chi connectivity index (χ3v) is 4.43. The van der Waals surface area contributed by atoms with Gasteiger partial charge in [-0.25, -0.2) is 4.98 Å². The molecule has 0 aliphatic heterocycles. The molecule has 0 spiro atoms. The van der Waals surface area contributed by atoms with Crippen LogP contribution >= 0.6 is 22.9 Å². The molecule has 2 N–H and O–H groups in total. The minimum atomic E-state index is -0.139. The van der Waals surface area contributed by atoms with Crippen molar-refractivity contribution in [1.82, 2.24) is 15.3 Å². The Hall–Kier alpha value is -1.69. The maximum absolute atomic E-state index is 12.0. The van der Waals surface area contributed by atoms with Crippen LogP contribution in [0.2, 0.25) is 5.02 Å². The van der Waals surface area contributed by atoms with E-state index in [-0.39, 0.29) is 5.56 Å². The maximum Gasteiger partial charge on any atom is 0.258 e. The van der Waals surface area contributed by atoms with E-state index >= 15 is 0 Å². The Kier molecular flexibility index (Phi) is 4.05. The lowest BCUT2D eigenvalue weighted by atomic mass is 10.2. The molecule has 0 fully saturated rings. The van der Waals surface area contributed by atoms with Gasteiger partial charge in [-0.15, -0.1) is 0 Å². The lowest BCUT2D eigenvalue weighted by molar-refractivity contribution is 0.662. The average Bonchev–Trinajstić information content (AvgIpc) is 2.84. The third kappa shape index (κ3) is 3.15. The highest BCUT2D eigenvalue weighted by Gasteiger charge is 2.05. The molecule has 0 unspecified atom stereocenters. The van der Waals surface area contributed by atoms with Crippen LogP contribution in [0.1, 0.15) is 17.0 Å². The number of aromatic amines is 1. The monoisotopic (exact) mass is 319 g/mol. The lowest BCUT2D eigenvalue weighted by Gasteiger charge is -2.05. The van der Waals surface area contributed by atoms with E-state index in [1.54, 1.807) is 29.5 Å². The van der Waals surface area contributed by atoms with Crippen LogP contribution in [0.25, 0.3) is 10.9 Å². The molecule has 108 valence electrons. The van der Waals surface area contributed by atoms with E-state index in [4.69, 9.17) is 11.6 Å². The lowest BCUT2D eigenvalue weighted by Crippen LogP contribution is -2.19. The Labute approximate surface area is 130 Å². The first-order chi connectivity index (χ1) is 10.1. The zero-order valence-electron chi connectivity index (χ0n) is 11.4. The minimum absolute atomic E-state index is 0.139. The second-order valence-corrected chi connectivity index (χ2v) is 6.04. The number of hydrogen-bond donors (Lipinski definition) is 2. The van der Waals surface area contributed by atoms with Gasteiger partial charge in [0.25, 0.3) is 5.56 Å². The van der Waals surface area contributed by atoms with Gasteiger partial charge in [0, 0.05) is 11.6 Å². The molecule has 0 aliphatic carbocycles. The van der Waals surface area contributed by atoms with E-state index < -0.39 is 0 Å². The summed E-state index contributed by atoms with van der Waals surface area (Å²) in [5.41, 5.74) is 3.03. The molecule has 0 saturated carbocycles. The summed E-state index contributed by atoms with van der Waals surface area (Å²) in [5, 5.41) is 8.67. The second-order valence-electron chi connectivity index (χ2n) is 4.86. The maximum atomic E-state index is 12.0. The molecule has 0 saturated heterocycles. The summed E-state index contributed by atoms with van der Waals surface area (Å²) in [6.07, 6.45) is 0. The zero-order valence-corrected chi connectivity index (χ0v) is 13.0. The van der Waals surface area contributed by atoms with E-state index in [9.17, 15) is 4.79 Å². The molecule has 3 rings (SSSR count). The van der Waals surface area contributed by atoms with Crippen LogP contribution in [0.3, 0.4) is 0 Å². The molecule has 4 nitrogen and oxygen atoms in total. The number of nitrogens with one attached hydrogen (secondary N) is 2. The number of nitrogens with zero attached hydrogens (tertiary/aromatic N) is 1. The van der Waals surface area contributed by atoms with E-state index in [0.29, 0.717) is 28.3 Å². The molecule has 21 heavy (non-hydrogen) atoms. The summed E-state index contributed by atoms with van der Waals surface area (Å²) in [4.78, 5) is 19.2. The van der Waals surface area contributed by atoms with Crippen molar-refractivity contribution in [2.75, 3.05) is 0 Å². The van der Waals surface area contributed by atoms with E-state index in [1.165, 1.54) is 11.1 Å². The van der Waals surface area contributed by atoms with Gasteiger partial charge in [-0.2, -0.15) is 11.3 Å². The number of aryl methyl sites for hydroxylation is 1. The minimum Gasteiger partial charge on any atom is -0.309 e. The van der Waals surface area contributed by atoms with Gasteiger partial charge in [-0.05, 0) is 47.0 Å². The first kappa shape index (κ1) is 14.3. The molecule has 0 amide bonds. The number of benzene rings is 1. The highest BCUT2D eigenvalue weighted by molar-refractivity contribution is 7.08. The quantitative estimate of drug-likeness (QED) is 0.776. The van der Waals surface area contributed by atoms with Crippen molar-refractivity contribution in [2.45, 2.75) is 20.0 Å². The Morgan fingerprint density at radius 1 is 1.33 bits per heavy atom. The number of H-pyrrole nitrogens is 1. The van der Waals surface area contributed by atoms with Crippen LogP contribution in [-0.4, -0.2) is 9.97 Å². The first-order valence-electron chi connectivity index (χ1n) is 6.54. The fraction of sp³-hybridized carbons (Fsp3) is 0.200. The smallest absolute Gasteiger partial charge is 0.258 e. The molecule has 2 heterocycles. The zero-order chi connectivity index (χ0) is 14.8. The number of fused-ring (bicyclic) bond motifs is 1. The van der Waals surface area contributed by atoms with Crippen molar-refractivity contribution in [3.63, 3.8) is 0 Å². The van der Waals surface area contributed by atoms with Crippen molar-refractivity contribution in [3.05, 3.63) is 61.3 Å². The van der Waals surface area contributed by atoms with Gasteiger partial charge in [-0.1, -0.05) is 11.6 Å². The fourth-order valence-electron chi connectivity index (χ4n) is 2.13. The van der Waals surface area contributed by atoms with Crippen molar-refractivity contribution in [1.29, 1.82) is 0 Å². The summed E-state index contributed by atoms with van der Waals surface area (Å²) in [7, 11) is 0. The molecule has 0 bridgehead atoms. The van der Waals surface area contributed by atoms with Crippen LogP contribution in [-0.2, 0) is 13.1 Å². The number of halogens is 1. The van der Waals surface area contributed by atoms with Gasteiger partial charge >= 0.3 is 0 Å². The second kappa shape index (κ2) is 5.97. The predicted octanol–water partition coefficient (Wildman–Crippen LogP) is 3.24. The molecular weight excluding hydrogens is 306 g/mol. The van der Waals surface area contributed by atoms with Crippen LogP contribution < -0.4 is 10.9 Å².